The maximum absolute atomic E-state index is 4.05. The molecule has 1 heterocycles. The van der Waals surface area contributed by atoms with Gasteiger partial charge in [-0.05, 0) is 12.5 Å². The zero-order valence-electron chi connectivity index (χ0n) is 7.96. The van der Waals surface area contributed by atoms with Crippen LogP contribution in [0.4, 0.5) is 0 Å². The smallest absolute Gasteiger partial charge is 0.0492 e. The molecular formula is C9H18N2. The Kier molecular flexibility index (Phi) is 5.53. The van der Waals surface area contributed by atoms with Crippen molar-refractivity contribution in [1.29, 1.82) is 0 Å². The number of aryl methyl sites for hydroxylation is 2. The van der Waals surface area contributed by atoms with Gasteiger partial charge in [0.15, 0.2) is 0 Å². The lowest BCUT2D eigenvalue weighted by atomic mass is 10.2. The van der Waals surface area contributed by atoms with Crippen LogP contribution in [0.1, 0.15) is 32.9 Å². The number of hydrogen-bond acceptors (Lipinski definition) is 1. The summed E-state index contributed by atoms with van der Waals surface area (Å²) in [7, 11) is 1.98. The van der Waals surface area contributed by atoms with Crippen LogP contribution in [-0.4, -0.2) is 9.78 Å². The monoisotopic (exact) mass is 154 g/mol. The SMILES string of the molecule is CC.CCCc1ccnn1C. The van der Waals surface area contributed by atoms with Crippen LogP contribution >= 0.6 is 0 Å². The van der Waals surface area contributed by atoms with Crippen molar-refractivity contribution in [1.82, 2.24) is 9.78 Å². The molecule has 0 aromatic carbocycles. The van der Waals surface area contributed by atoms with Gasteiger partial charge in [-0.3, -0.25) is 4.68 Å². The largest absolute Gasteiger partial charge is 0.273 e. The van der Waals surface area contributed by atoms with Gasteiger partial charge in [0, 0.05) is 18.9 Å². The van der Waals surface area contributed by atoms with Crippen LogP contribution in [0.15, 0.2) is 12.3 Å². The summed E-state index contributed by atoms with van der Waals surface area (Å²) >= 11 is 0. The fourth-order valence-electron chi connectivity index (χ4n) is 0.903. The van der Waals surface area contributed by atoms with E-state index in [0.29, 0.717) is 0 Å². The molecule has 0 amide bonds. The van der Waals surface area contributed by atoms with Gasteiger partial charge in [-0.15, -0.1) is 0 Å². The lowest BCUT2D eigenvalue weighted by Gasteiger charge is -1.96. The minimum atomic E-state index is 1.14. The Balaban J connectivity index is 0.000000461. The molecule has 1 aromatic rings. The van der Waals surface area contributed by atoms with E-state index < -0.39 is 0 Å². The molecule has 64 valence electrons. The Morgan fingerprint density at radius 3 is 2.45 bits per heavy atom. The van der Waals surface area contributed by atoms with Gasteiger partial charge < -0.3 is 0 Å². The highest BCUT2D eigenvalue weighted by Gasteiger charge is 1.93. The summed E-state index contributed by atoms with van der Waals surface area (Å²) < 4.78 is 1.92. The third-order valence-corrected chi connectivity index (χ3v) is 1.43. The van der Waals surface area contributed by atoms with Crippen LogP contribution in [0.25, 0.3) is 0 Å². The predicted octanol–water partition coefficient (Wildman–Crippen LogP) is 2.40. The Labute approximate surface area is 69.2 Å². The summed E-state index contributed by atoms with van der Waals surface area (Å²) in [5.74, 6) is 0. The lowest BCUT2D eigenvalue weighted by molar-refractivity contribution is 0.698. The molecule has 0 radical (unpaired) electrons. The summed E-state index contributed by atoms with van der Waals surface area (Å²) in [6, 6.07) is 2.06. The van der Waals surface area contributed by atoms with Crippen molar-refractivity contribution < 1.29 is 0 Å². The summed E-state index contributed by atoms with van der Waals surface area (Å²) in [5, 5.41) is 4.05. The molecule has 1 rings (SSSR count). The number of rotatable bonds is 2. The fraction of sp³-hybridized carbons (Fsp3) is 0.667. The number of aromatic nitrogens is 2. The van der Waals surface area contributed by atoms with Crippen LogP contribution in [0.3, 0.4) is 0 Å². The van der Waals surface area contributed by atoms with E-state index in [2.05, 4.69) is 18.1 Å². The van der Waals surface area contributed by atoms with E-state index in [1.807, 2.05) is 31.8 Å². The third kappa shape index (κ3) is 3.21. The molecule has 0 aliphatic rings. The Hall–Kier alpha value is -0.790. The molecule has 0 saturated carbocycles. The molecule has 0 N–H and O–H groups in total. The van der Waals surface area contributed by atoms with Crippen molar-refractivity contribution in [2.45, 2.75) is 33.6 Å². The Bertz CT molecular complexity index is 179. The standard InChI is InChI=1S/C7H12N2.C2H6/c1-3-4-7-5-6-8-9(7)2;1-2/h5-6H,3-4H2,1-2H3;1-2H3. The van der Waals surface area contributed by atoms with Gasteiger partial charge in [-0.25, -0.2) is 0 Å². The van der Waals surface area contributed by atoms with Gasteiger partial charge in [0.25, 0.3) is 0 Å². The second kappa shape index (κ2) is 5.96. The first-order valence-corrected chi connectivity index (χ1v) is 4.31. The van der Waals surface area contributed by atoms with Gasteiger partial charge in [-0.2, -0.15) is 5.10 Å². The highest BCUT2D eigenvalue weighted by atomic mass is 15.2. The van der Waals surface area contributed by atoms with Crippen molar-refractivity contribution in [3.63, 3.8) is 0 Å². The zero-order valence-corrected chi connectivity index (χ0v) is 7.96. The summed E-state index contributed by atoms with van der Waals surface area (Å²) in [4.78, 5) is 0. The minimum absolute atomic E-state index is 1.14. The predicted molar refractivity (Wildman–Crippen MR) is 48.6 cm³/mol. The summed E-state index contributed by atoms with van der Waals surface area (Å²) in [6.45, 7) is 6.17. The van der Waals surface area contributed by atoms with Crippen molar-refractivity contribution >= 4 is 0 Å². The minimum Gasteiger partial charge on any atom is -0.273 e. The van der Waals surface area contributed by atoms with E-state index in [0.717, 1.165) is 6.42 Å². The topological polar surface area (TPSA) is 17.8 Å². The molecule has 2 nitrogen and oxygen atoms in total. The third-order valence-electron chi connectivity index (χ3n) is 1.43. The van der Waals surface area contributed by atoms with Crippen molar-refractivity contribution in [2.75, 3.05) is 0 Å². The van der Waals surface area contributed by atoms with E-state index in [1.165, 1.54) is 12.1 Å². The van der Waals surface area contributed by atoms with Gasteiger partial charge in [0.2, 0.25) is 0 Å². The number of hydrogen-bond donors (Lipinski definition) is 0. The molecule has 0 aliphatic heterocycles. The second-order valence-electron chi connectivity index (χ2n) is 2.20. The Morgan fingerprint density at radius 2 is 2.09 bits per heavy atom. The average Bonchev–Trinajstić information content (AvgIpc) is 2.42. The Morgan fingerprint density at radius 1 is 1.45 bits per heavy atom. The average molecular weight is 154 g/mol. The lowest BCUT2D eigenvalue weighted by Crippen LogP contribution is -1.96. The van der Waals surface area contributed by atoms with Gasteiger partial charge >= 0.3 is 0 Å². The second-order valence-corrected chi connectivity index (χ2v) is 2.20. The molecule has 1 aromatic heterocycles. The summed E-state index contributed by atoms with van der Waals surface area (Å²) in [5.41, 5.74) is 1.32. The molecule has 0 atom stereocenters. The van der Waals surface area contributed by atoms with Crippen LogP contribution in [-0.2, 0) is 13.5 Å². The van der Waals surface area contributed by atoms with E-state index in [-0.39, 0.29) is 0 Å². The van der Waals surface area contributed by atoms with Gasteiger partial charge in [0.1, 0.15) is 0 Å². The molecule has 2 heteroatoms. The number of nitrogens with zero attached hydrogens (tertiary/aromatic N) is 2. The van der Waals surface area contributed by atoms with E-state index in [9.17, 15) is 0 Å². The van der Waals surface area contributed by atoms with E-state index in [4.69, 9.17) is 0 Å². The highest BCUT2D eigenvalue weighted by Crippen LogP contribution is 1.98. The first kappa shape index (κ1) is 10.2. The van der Waals surface area contributed by atoms with Crippen molar-refractivity contribution in [2.24, 2.45) is 7.05 Å². The van der Waals surface area contributed by atoms with Crippen molar-refractivity contribution in [3.8, 4) is 0 Å². The maximum Gasteiger partial charge on any atom is 0.0492 e. The molecule has 0 fully saturated rings. The quantitative estimate of drug-likeness (QED) is 0.639. The van der Waals surface area contributed by atoms with Crippen LogP contribution < -0.4 is 0 Å². The zero-order chi connectivity index (χ0) is 8.69. The van der Waals surface area contributed by atoms with Gasteiger partial charge in [0.05, 0.1) is 0 Å². The molecule has 11 heavy (non-hydrogen) atoms. The van der Waals surface area contributed by atoms with Crippen molar-refractivity contribution in [3.05, 3.63) is 18.0 Å². The molecule has 0 aliphatic carbocycles. The van der Waals surface area contributed by atoms with E-state index >= 15 is 0 Å². The van der Waals surface area contributed by atoms with Crippen LogP contribution in [0.5, 0.6) is 0 Å². The molecule has 0 spiro atoms. The first-order chi connectivity index (χ1) is 5.34. The summed E-state index contributed by atoms with van der Waals surface area (Å²) in [6.07, 6.45) is 4.17. The van der Waals surface area contributed by atoms with Crippen LogP contribution in [0, 0.1) is 0 Å². The molecule has 0 saturated heterocycles. The molecule has 0 unspecified atom stereocenters. The maximum atomic E-state index is 4.05. The molecule has 0 bridgehead atoms. The van der Waals surface area contributed by atoms with Gasteiger partial charge in [-0.1, -0.05) is 27.2 Å². The molecular weight excluding hydrogens is 136 g/mol. The van der Waals surface area contributed by atoms with E-state index in [1.54, 1.807) is 0 Å². The first-order valence-electron chi connectivity index (χ1n) is 4.31. The fourth-order valence-corrected chi connectivity index (χ4v) is 0.903. The highest BCUT2D eigenvalue weighted by molar-refractivity contribution is 4.99. The normalized spacial score (nSPS) is 8.73. The van der Waals surface area contributed by atoms with Crippen LogP contribution in [0.2, 0.25) is 0 Å².